The maximum Gasteiger partial charge on any atom is 0.311 e. The van der Waals surface area contributed by atoms with Gasteiger partial charge >= 0.3 is 5.97 Å². The van der Waals surface area contributed by atoms with Gasteiger partial charge in [-0.3, -0.25) is 4.79 Å². The van der Waals surface area contributed by atoms with Crippen molar-refractivity contribution in [1.29, 1.82) is 0 Å². The lowest BCUT2D eigenvalue weighted by Crippen LogP contribution is -2.57. The van der Waals surface area contributed by atoms with Gasteiger partial charge < -0.3 is 19.9 Å². The van der Waals surface area contributed by atoms with Crippen LogP contribution in [0.25, 0.3) is 0 Å². The largest absolute Gasteiger partial charge is 0.469 e. The van der Waals surface area contributed by atoms with Crippen LogP contribution in [-0.2, 0) is 31.2 Å². The Hall–Kier alpha value is -2.35. The lowest BCUT2D eigenvalue weighted by atomic mass is 9.74. The van der Waals surface area contributed by atoms with Crippen LogP contribution in [0.5, 0.6) is 0 Å². The molecule has 2 aromatic carbocycles. The SMILES string of the molecule is COC(=O)[C@@H]1C[C@H](COCc2ccccc2)OC[C@@]1(N)c1ccc(F)cc1F. The molecule has 0 amide bonds. The molecule has 3 rings (SSSR count). The van der Waals surface area contributed by atoms with Gasteiger partial charge in [-0.2, -0.15) is 0 Å². The van der Waals surface area contributed by atoms with Crippen molar-refractivity contribution in [1.82, 2.24) is 0 Å². The van der Waals surface area contributed by atoms with Crippen LogP contribution in [0.1, 0.15) is 17.5 Å². The molecule has 7 heteroatoms. The molecule has 5 nitrogen and oxygen atoms in total. The molecule has 1 aliphatic rings. The number of rotatable bonds is 6. The number of benzene rings is 2. The third-order valence-corrected chi connectivity index (χ3v) is 5.01. The second-order valence-corrected chi connectivity index (χ2v) is 6.91. The highest BCUT2D eigenvalue weighted by Crippen LogP contribution is 2.38. The van der Waals surface area contributed by atoms with Crippen LogP contribution in [-0.4, -0.2) is 32.4 Å². The molecule has 0 unspecified atom stereocenters. The highest BCUT2D eigenvalue weighted by Gasteiger charge is 2.48. The van der Waals surface area contributed by atoms with Crippen molar-refractivity contribution in [2.75, 3.05) is 20.3 Å². The topological polar surface area (TPSA) is 70.8 Å². The van der Waals surface area contributed by atoms with Crippen LogP contribution in [0.15, 0.2) is 48.5 Å². The summed E-state index contributed by atoms with van der Waals surface area (Å²) in [6.45, 7) is 0.545. The minimum atomic E-state index is -1.46. The molecule has 2 aromatic rings. The number of carbonyl (C=O) groups is 1. The predicted octanol–water partition coefficient (Wildman–Crippen LogP) is 2.91. The molecule has 1 fully saturated rings. The summed E-state index contributed by atoms with van der Waals surface area (Å²) in [6.07, 6.45) is -0.192. The van der Waals surface area contributed by atoms with Crippen molar-refractivity contribution < 1.29 is 27.8 Å². The van der Waals surface area contributed by atoms with Crippen molar-refractivity contribution in [3.63, 3.8) is 0 Å². The van der Waals surface area contributed by atoms with Crippen LogP contribution in [0.4, 0.5) is 8.78 Å². The van der Waals surface area contributed by atoms with Gasteiger partial charge in [0.05, 0.1) is 44.5 Å². The van der Waals surface area contributed by atoms with E-state index in [2.05, 4.69) is 0 Å². The number of methoxy groups -OCH3 is 1. The first-order valence-corrected chi connectivity index (χ1v) is 8.99. The lowest BCUT2D eigenvalue weighted by molar-refractivity contribution is -0.161. The molecule has 0 aliphatic carbocycles. The number of hydrogen-bond acceptors (Lipinski definition) is 5. The van der Waals surface area contributed by atoms with Crippen molar-refractivity contribution in [3.8, 4) is 0 Å². The van der Waals surface area contributed by atoms with E-state index in [-0.39, 0.29) is 25.2 Å². The van der Waals surface area contributed by atoms with Gasteiger partial charge in [-0.15, -0.1) is 0 Å². The van der Waals surface area contributed by atoms with Gasteiger partial charge in [-0.25, -0.2) is 8.78 Å². The summed E-state index contributed by atoms with van der Waals surface area (Å²) >= 11 is 0. The van der Waals surface area contributed by atoms with Gasteiger partial charge in [0.15, 0.2) is 0 Å². The van der Waals surface area contributed by atoms with Crippen molar-refractivity contribution in [3.05, 3.63) is 71.3 Å². The van der Waals surface area contributed by atoms with Crippen molar-refractivity contribution in [2.45, 2.75) is 24.7 Å². The molecule has 150 valence electrons. The maximum atomic E-state index is 14.4. The predicted molar refractivity (Wildman–Crippen MR) is 98.2 cm³/mol. The quantitative estimate of drug-likeness (QED) is 0.767. The summed E-state index contributed by atoms with van der Waals surface area (Å²) in [5, 5.41) is 0. The number of esters is 1. The monoisotopic (exact) mass is 391 g/mol. The highest BCUT2D eigenvalue weighted by molar-refractivity contribution is 5.74. The first-order valence-electron chi connectivity index (χ1n) is 8.99. The van der Waals surface area contributed by atoms with E-state index >= 15 is 0 Å². The van der Waals surface area contributed by atoms with Gasteiger partial charge in [-0.1, -0.05) is 36.4 Å². The summed E-state index contributed by atoms with van der Waals surface area (Å²) in [7, 11) is 1.25. The molecule has 1 heterocycles. The maximum absolute atomic E-state index is 14.4. The number of ether oxygens (including phenoxy) is 3. The third-order valence-electron chi connectivity index (χ3n) is 5.01. The Morgan fingerprint density at radius 1 is 1.25 bits per heavy atom. The van der Waals surface area contributed by atoms with Gasteiger partial charge in [0.2, 0.25) is 0 Å². The van der Waals surface area contributed by atoms with Crippen LogP contribution in [0, 0.1) is 17.6 Å². The minimum absolute atomic E-state index is 0.0213. The summed E-state index contributed by atoms with van der Waals surface area (Å²) in [6, 6.07) is 12.7. The summed E-state index contributed by atoms with van der Waals surface area (Å²) in [5.41, 5.74) is 5.99. The standard InChI is InChI=1S/C21H23F2NO4/c1-26-20(25)18-10-16(12-27-11-14-5-3-2-4-6-14)28-13-21(18,24)17-8-7-15(22)9-19(17)23/h2-9,16,18H,10-13,24H2,1H3/t16-,18+,21-/m1/s1. The van der Waals surface area contributed by atoms with Crippen LogP contribution >= 0.6 is 0 Å². The summed E-state index contributed by atoms with van der Waals surface area (Å²) in [4.78, 5) is 12.4. The minimum Gasteiger partial charge on any atom is -0.469 e. The smallest absolute Gasteiger partial charge is 0.311 e. The van der Waals surface area contributed by atoms with Crippen molar-refractivity contribution in [2.24, 2.45) is 11.7 Å². The van der Waals surface area contributed by atoms with E-state index in [1.165, 1.54) is 13.2 Å². The van der Waals surface area contributed by atoms with E-state index in [4.69, 9.17) is 19.9 Å². The Morgan fingerprint density at radius 2 is 2.00 bits per heavy atom. The zero-order valence-electron chi connectivity index (χ0n) is 15.6. The van der Waals surface area contributed by atoms with Crippen LogP contribution < -0.4 is 5.73 Å². The van der Waals surface area contributed by atoms with Crippen LogP contribution in [0.2, 0.25) is 0 Å². The second kappa shape index (κ2) is 8.77. The molecule has 0 saturated carbocycles. The van der Waals surface area contributed by atoms with Gasteiger partial charge in [0.25, 0.3) is 0 Å². The van der Waals surface area contributed by atoms with E-state index in [1.807, 2.05) is 30.3 Å². The molecular formula is C21H23F2NO4. The van der Waals surface area contributed by atoms with Gasteiger partial charge in [-0.05, 0) is 18.1 Å². The molecule has 28 heavy (non-hydrogen) atoms. The molecule has 0 spiro atoms. The van der Waals surface area contributed by atoms with E-state index in [9.17, 15) is 13.6 Å². The molecule has 0 bridgehead atoms. The summed E-state index contributed by atoms with van der Waals surface area (Å²) in [5.74, 6) is -2.96. The molecule has 0 radical (unpaired) electrons. The first kappa shape index (κ1) is 20.4. The van der Waals surface area contributed by atoms with E-state index in [1.54, 1.807) is 0 Å². The number of halogens is 2. The second-order valence-electron chi connectivity index (χ2n) is 6.91. The van der Waals surface area contributed by atoms with Crippen LogP contribution in [0.3, 0.4) is 0 Å². The summed E-state index contributed by atoms with van der Waals surface area (Å²) < 4.78 is 44.0. The van der Waals surface area contributed by atoms with E-state index in [0.717, 1.165) is 17.7 Å². The third kappa shape index (κ3) is 4.38. The highest BCUT2D eigenvalue weighted by atomic mass is 19.1. The van der Waals surface area contributed by atoms with E-state index in [0.29, 0.717) is 6.61 Å². The Kier molecular flexibility index (Phi) is 6.39. The Labute approximate surface area is 162 Å². The van der Waals surface area contributed by atoms with Gasteiger partial charge in [0.1, 0.15) is 11.6 Å². The van der Waals surface area contributed by atoms with E-state index < -0.39 is 35.2 Å². The number of carbonyl (C=O) groups excluding carboxylic acids is 1. The fraction of sp³-hybridized carbons (Fsp3) is 0.381. The molecule has 3 atom stereocenters. The molecule has 2 N–H and O–H groups in total. The molecule has 0 aromatic heterocycles. The lowest BCUT2D eigenvalue weighted by Gasteiger charge is -2.42. The zero-order valence-corrected chi connectivity index (χ0v) is 15.6. The molecule has 1 saturated heterocycles. The molecular weight excluding hydrogens is 368 g/mol. The Balaban J connectivity index is 1.71. The van der Waals surface area contributed by atoms with Gasteiger partial charge in [0, 0.05) is 11.6 Å². The Morgan fingerprint density at radius 3 is 2.68 bits per heavy atom. The zero-order chi connectivity index (χ0) is 20.1. The number of hydrogen-bond donors (Lipinski definition) is 1. The average molecular weight is 391 g/mol. The first-order chi connectivity index (χ1) is 13.4. The fourth-order valence-electron chi connectivity index (χ4n) is 3.48. The normalized spacial score (nSPS) is 24.7. The average Bonchev–Trinajstić information content (AvgIpc) is 2.69. The Bertz CT molecular complexity index is 817. The van der Waals surface area contributed by atoms with Crippen molar-refractivity contribution >= 4 is 5.97 Å². The number of nitrogens with two attached hydrogens (primary N) is 1. The fourth-order valence-corrected chi connectivity index (χ4v) is 3.48. The molecule has 1 aliphatic heterocycles.